The molecule has 1 aromatic heterocycles. The molecule has 0 bridgehead atoms. The lowest BCUT2D eigenvalue weighted by Crippen LogP contribution is -2.29. The molecule has 1 aliphatic heterocycles. The lowest BCUT2D eigenvalue weighted by molar-refractivity contribution is 0.116. The van der Waals surface area contributed by atoms with Gasteiger partial charge in [-0.15, -0.1) is 0 Å². The van der Waals surface area contributed by atoms with E-state index in [9.17, 15) is 0 Å². The van der Waals surface area contributed by atoms with Gasteiger partial charge in [0.15, 0.2) is 0 Å². The van der Waals surface area contributed by atoms with Gasteiger partial charge in [-0.2, -0.15) is 0 Å². The molecule has 1 aliphatic rings. The van der Waals surface area contributed by atoms with Crippen LogP contribution in [0, 0.1) is 0 Å². The topological polar surface area (TPSA) is 37.4 Å². The number of nitrogens with one attached hydrogen (secondary N) is 1. The number of anilines is 1. The van der Waals surface area contributed by atoms with Gasteiger partial charge in [0.2, 0.25) is 0 Å². The van der Waals surface area contributed by atoms with Gasteiger partial charge in [0.1, 0.15) is 5.82 Å². The Hall–Kier alpha value is -1.13. The molecule has 2 atom stereocenters. The van der Waals surface area contributed by atoms with Crippen molar-refractivity contribution in [2.75, 3.05) is 31.6 Å². The Morgan fingerprint density at radius 3 is 2.95 bits per heavy atom. The van der Waals surface area contributed by atoms with Crippen molar-refractivity contribution in [1.82, 2.24) is 10.3 Å². The van der Waals surface area contributed by atoms with E-state index in [4.69, 9.17) is 4.74 Å². The van der Waals surface area contributed by atoms with E-state index in [0.717, 1.165) is 31.9 Å². The summed E-state index contributed by atoms with van der Waals surface area (Å²) in [6.45, 7) is 7.24. The molecule has 0 aliphatic carbocycles. The summed E-state index contributed by atoms with van der Waals surface area (Å²) in [5, 5.41) is 3.48. The number of pyridine rings is 1. The van der Waals surface area contributed by atoms with E-state index in [1.165, 1.54) is 18.4 Å². The highest BCUT2D eigenvalue weighted by molar-refractivity contribution is 5.39. The average molecular weight is 277 g/mol. The molecule has 2 rings (SSSR count). The molecule has 0 amide bonds. The molecule has 0 radical (unpaired) electrons. The van der Waals surface area contributed by atoms with Crippen molar-refractivity contribution in [2.45, 2.75) is 45.3 Å². The normalized spacial score (nSPS) is 20.1. The minimum absolute atomic E-state index is 0.361. The molecular weight excluding hydrogens is 250 g/mol. The summed E-state index contributed by atoms with van der Waals surface area (Å²) in [4.78, 5) is 6.76. The Balaban J connectivity index is 1.89. The van der Waals surface area contributed by atoms with Crippen LogP contribution in [0.5, 0.6) is 0 Å². The average Bonchev–Trinajstić information content (AvgIpc) is 2.97. The number of likely N-dealkylation sites (N-methyl/N-ethyl adjacent to an activating group) is 1. The number of rotatable bonds is 7. The molecule has 0 spiro atoms. The van der Waals surface area contributed by atoms with Crippen LogP contribution < -0.4 is 10.2 Å². The molecule has 1 fully saturated rings. The highest BCUT2D eigenvalue weighted by Crippen LogP contribution is 2.18. The Labute approximate surface area is 122 Å². The first-order valence-electron chi connectivity index (χ1n) is 7.72. The van der Waals surface area contributed by atoms with E-state index in [1.54, 1.807) is 0 Å². The minimum Gasteiger partial charge on any atom is -0.376 e. The molecule has 20 heavy (non-hydrogen) atoms. The molecule has 0 saturated carbocycles. The molecule has 2 heterocycles. The van der Waals surface area contributed by atoms with Crippen LogP contribution in [0.2, 0.25) is 0 Å². The maximum Gasteiger partial charge on any atom is 0.128 e. The molecule has 0 aromatic carbocycles. The van der Waals surface area contributed by atoms with Crippen LogP contribution in [-0.2, 0) is 4.74 Å². The number of hydrogen-bond acceptors (Lipinski definition) is 4. The first kappa shape index (κ1) is 15.3. The summed E-state index contributed by atoms with van der Waals surface area (Å²) in [5.74, 6) is 1.02. The third-order valence-electron chi connectivity index (χ3n) is 3.86. The van der Waals surface area contributed by atoms with Crippen molar-refractivity contribution in [3.63, 3.8) is 0 Å². The standard InChI is InChI=1S/C16H27N3O/c1-4-9-17-13(2)14-7-8-16(18-11-14)19(3)12-15-6-5-10-20-15/h7-8,11,13,15,17H,4-6,9-10,12H2,1-3H3. The zero-order chi connectivity index (χ0) is 14.4. The second kappa shape index (κ2) is 7.60. The van der Waals surface area contributed by atoms with Gasteiger partial charge in [0.05, 0.1) is 6.10 Å². The van der Waals surface area contributed by atoms with Gasteiger partial charge >= 0.3 is 0 Å². The van der Waals surface area contributed by atoms with Crippen LogP contribution in [0.1, 0.15) is 44.7 Å². The lowest BCUT2D eigenvalue weighted by atomic mass is 10.1. The smallest absolute Gasteiger partial charge is 0.128 e. The second-order valence-corrected chi connectivity index (χ2v) is 5.64. The summed E-state index contributed by atoms with van der Waals surface area (Å²) in [6.07, 6.45) is 5.85. The minimum atomic E-state index is 0.361. The second-order valence-electron chi connectivity index (χ2n) is 5.64. The molecule has 4 heteroatoms. The largest absolute Gasteiger partial charge is 0.376 e. The van der Waals surface area contributed by atoms with E-state index < -0.39 is 0 Å². The maximum absolute atomic E-state index is 5.67. The molecule has 4 nitrogen and oxygen atoms in total. The highest BCUT2D eigenvalue weighted by Gasteiger charge is 2.18. The first-order valence-corrected chi connectivity index (χ1v) is 7.72. The van der Waals surface area contributed by atoms with Gasteiger partial charge in [-0.1, -0.05) is 13.0 Å². The van der Waals surface area contributed by atoms with Crippen molar-refractivity contribution in [2.24, 2.45) is 0 Å². The number of hydrogen-bond donors (Lipinski definition) is 1. The summed E-state index contributed by atoms with van der Waals surface area (Å²) < 4.78 is 5.67. The van der Waals surface area contributed by atoms with Crippen LogP contribution in [-0.4, -0.2) is 37.8 Å². The quantitative estimate of drug-likeness (QED) is 0.831. The van der Waals surface area contributed by atoms with E-state index >= 15 is 0 Å². The van der Waals surface area contributed by atoms with E-state index in [0.29, 0.717) is 12.1 Å². The van der Waals surface area contributed by atoms with Crippen LogP contribution in [0.25, 0.3) is 0 Å². The van der Waals surface area contributed by atoms with Gasteiger partial charge in [0.25, 0.3) is 0 Å². The lowest BCUT2D eigenvalue weighted by Gasteiger charge is -2.22. The van der Waals surface area contributed by atoms with Gasteiger partial charge in [-0.05, 0) is 44.4 Å². The number of nitrogens with zero attached hydrogens (tertiary/aromatic N) is 2. The van der Waals surface area contributed by atoms with E-state index in [-0.39, 0.29) is 0 Å². The molecular formula is C16H27N3O. The Bertz CT molecular complexity index is 387. The summed E-state index contributed by atoms with van der Waals surface area (Å²) >= 11 is 0. The van der Waals surface area contributed by atoms with Gasteiger partial charge in [0, 0.05) is 32.4 Å². The van der Waals surface area contributed by atoms with Gasteiger partial charge < -0.3 is 15.0 Å². The summed E-state index contributed by atoms with van der Waals surface area (Å²) in [6, 6.07) is 4.63. The Morgan fingerprint density at radius 2 is 2.35 bits per heavy atom. The third-order valence-corrected chi connectivity index (χ3v) is 3.86. The SMILES string of the molecule is CCCNC(C)c1ccc(N(C)CC2CCCO2)nc1. The maximum atomic E-state index is 5.67. The van der Waals surface area contributed by atoms with Gasteiger partial charge in [-0.3, -0.25) is 0 Å². The van der Waals surface area contributed by atoms with Crippen LogP contribution in [0.4, 0.5) is 5.82 Å². The van der Waals surface area contributed by atoms with Crippen molar-refractivity contribution < 1.29 is 4.74 Å². The van der Waals surface area contributed by atoms with Crippen LogP contribution in [0.3, 0.4) is 0 Å². The fraction of sp³-hybridized carbons (Fsp3) is 0.688. The van der Waals surface area contributed by atoms with Gasteiger partial charge in [-0.25, -0.2) is 4.98 Å². The molecule has 1 aromatic rings. The van der Waals surface area contributed by atoms with Crippen molar-refractivity contribution >= 4 is 5.82 Å². The summed E-state index contributed by atoms with van der Waals surface area (Å²) in [7, 11) is 2.09. The third kappa shape index (κ3) is 4.18. The van der Waals surface area contributed by atoms with Crippen molar-refractivity contribution in [1.29, 1.82) is 0 Å². The van der Waals surface area contributed by atoms with Crippen LogP contribution in [0.15, 0.2) is 18.3 Å². The zero-order valence-electron chi connectivity index (χ0n) is 12.9. The van der Waals surface area contributed by atoms with Crippen molar-refractivity contribution in [3.05, 3.63) is 23.9 Å². The fourth-order valence-corrected chi connectivity index (χ4v) is 2.55. The number of ether oxygens (including phenoxy) is 1. The zero-order valence-corrected chi connectivity index (χ0v) is 12.9. The number of aromatic nitrogens is 1. The molecule has 1 N–H and O–H groups in total. The predicted molar refractivity (Wildman–Crippen MR) is 83.2 cm³/mol. The summed E-state index contributed by atoms with van der Waals surface area (Å²) in [5.41, 5.74) is 1.24. The highest BCUT2D eigenvalue weighted by atomic mass is 16.5. The Kier molecular flexibility index (Phi) is 5.80. The predicted octanol–water partition coefficient (Wildman–Crippen LogP) is 2.76. The van der Waals surface area contributed by atoms with Crippen LogP contribution >= 0.6 is 0 Å². The monoisotopic (exact) mass is 277 g/mol. The van der Waals surface area contributed by atoms with E-state index in [2.05, 4.69) is 48.2 Å². The molecule has 1 saturated heterocycles. The fourth-order valence-electron chi connectivity index (χ4n) is 2.55. The van der Waals surface area contributed by atoms with Crippen molar-refractivity contribution in [3.8, 4) is 0 Å². The first-order chi connectivity index (χ1) is 9.70. The molecule has 2 unspecified atom stereocenters. The molecule has 112 valence electrons. The van der Waals surface area contributed by atoms with E-state index in [1.807, 2.05) is 6.20 Å². The Morgan fingerprint density at radius 1 is 1.50 bits per heavy atom.